The average Bonchev–Trinajstić information content (AvgIpc) is 2.85. The molecule has 1 aliphatic carbocycles. The van der Waals surface area contributed by atoms with Crippen molar-refractivity contribution in [1.82, 2.24) is 0 Å². The Kier molecular flexibility index (Phi) is 4.32. The largest absolute Gasteiger partial charge is 0.466 e. The fourth-order valence-corrected chi connectivity index (χ4v) is 4.00. The van der Waals surface area contributed by atoms with Crippen LogP contribution in [0.25, 0.3) is 0 Å². The summed E-state index contributed by atoms with van der Waals surface area (Å²) in [6.07, 6.45) is 1.55. The molecule has 1 aliphatic rings. The average molecular weight is 379 g/mol. The Labute approximate surface area is 151 Å². The standard InChI is InChI=1S/C17H21N3O5S/c1-10-6-12-14(8-17(2,3)9-16(12)25-10)19-13-5-4-11(26(18,23)24)7-15(13)20(21)22/h4-7,14,19H,8-9H2,1-3H3,(H2,18,23,24). The van der Waals surface area contributed by atoms with Gasteiger partial charge in [-0.1, -0.05) is 13.8 Å². The maximum Gasteiger partial charge on any atom is 0.293 e. The SMILES string of the molecule is Cc1cc2c(o1)CC(C)(C)CC2Nc1ccc(S(N)(=O)=O)cc1[N+](=O)[O-]. The number of aryl methyl sites for hydroxylation is 1. The van der Waals surface area contributed by atoms with Gasteiger partial charge in [0.25, 0.3) is 5.69 Å². The van der Waals surface area contributed by atoms with Crippen LogP contribution in [0.2, 0.25) is 0 Å². The van der Waals surface area contributed by atoms with Crippen LogP contribution < -0.4 is 10.5 Å². The molecule has 1 atom stereocenters. The second kappa shape index (κ2) is 6.10. The molecule has 3 N–H and O–H groups in total. The lowest BCUT2D eigenvalue weighted by Gasteiger charge is -2.35. The van der Waals surface area contributed by atoms with E-state index in [2.05, 4.69) is 19.2 Å². The summed E-state index contributed by atoms with van der Waals surface area (Å²) in [5.74, 6) is 1.67. The molecule has 3 rings (SSSR count). The molecule has 0 aliphatic heterocycles. The molecule has 0 bridgehead atoms. The van der Waals surface area contributed by atoms with Crippen molar-refractivity contribution in [3.05, 3.63) is 51.5 Å². The first-order valence-corrected chi connectivity index (χ1v) is 9.68. The van der Waals surface area contributed by atoms with E-state index in [4.69, 9.17) is 9.56 Å². The molecular weight excluding hydrogens is 358 g/mol. The first-order chi connectivity index (χ1) is 12.0. The van der Waals surface area contributed by atoms with Gasteiger partial charge in [-0.3, -0.25) is 10.1 Å². The third-order valence-electron chi connectivity index (χ3n) is 4.56. The van der Waals surface area contributed by atoms with Gasteiger partial charge in [0.1, 0.15) is 17.2 Å². The van der Waals surface area contributed by atoms with Gasteiger partial charge in [-0.15, -0.1) is 0 Å². The molecule has 1 unspecified atom stereocenters. The maximum absolute atomic E-state index is 11.5. The Hall–Kier alpha value is -2.39. The number of primary sulfonamides is 1. The van der Waals surface area contributed by atoms with Crippen molar-refractivity contribution in [1.29, 1.82) is 0 Å². The van der Waals surface area contributed by atoms with Crippen LogP contribution in [0, 0.1) is 22.5 Å². The van der Waals surface area contributed by atoms with E-state index in [0.29, 0.717) is 0 Å². The van der Waals surface area contributed by atoms with Gasteiger partial charge in [-0.25, -0.2) is 13.6 Å². The Morgan fingerprint density at radius 3 is 2.65 bits per heavy atom. The molecule has 1 heterocycles. The molecule has 26 heavy (non-hydrogen) atoms. The minimum Gasteiger partial charge on any atom is -0.466 e. The first kappa shape index (κ1) is 18.4. The Morgan fingerprint density at radius 2 is 2.04 bits per heavy atom. The van der Waals surface area contributed by atoms with E-state index in [-0.39, 0.29) is 27.7 Å². The molecule has 0 saturated heterocycles. The molecule has 0 spiro atoms. The minimum atomic E-state index is -4.02. The van der Waals surface area contributed by atoms with Crippen LogP contribution in [0.15, 0.2) is 33.6 Å². The number of nitrogens with zero attached hydrogens (tertiary/aromatic N) is 1. The van der Waals surface area contributed by atoms with Crippen LogP contribution in [-0.4, -0.2) is 13.3 Å². The monoisotopic (exact) mass is 379 g/mol. The van der Waals surface area contributed by atoms with Crippen molar-refractivity contribution in [3.8, 4) is 0 Å². The number of fused-ring (bicyclic) bond motifs is 1. The number of furan rings is 1. The summed E-state index contributed by atoms with van der Waals surface area (Å²) in [6, 6.07) is 5.39. The second-order valence-electron chi connectivity index (χ2n) is 7.46. The van der Waals surface area contributed by atoms with Crippen molar-refractivity contribution in [2.45, 2.75) is 44.6 Å². The smallest absolute Gasteiger partial charge is 0.293 e. The number of rotatable bonds is 4. The zero-order chi connectivity index (χ0) is 19.3. The number of nitro benzene ring substituents is 1. The lowest BCUT2D eigenvalue weighted by Crippen LogP contribution is -2.28. The first-order valence-electron chi connectivity index (χ1n) is 8.13. The van der Waals surface area contributed by atoms with E-state index < -0.39 is 14.9 Å². The van der Waals surface area contributed by atoms with Crippen LogP contribution in [0.4, 0.5) is 11.4 Å². The summed E-state index contributed by atoms with van der Waals surface area (Å²) in [5.41, 5.74) is 0.854. The van der Waals surface area contributed by atoms with Gasteiger partial charge >= 0.3 is 0 Å². The number of nitro groups is 1. The molecule has 1 aromatic carbocycles. The summed E-state index contributed by atoms with van der Waals surface area (Å²) in [5, 5.41) is 19.7. The van der Waals surface area contributed by atoms with E-state index in [1.165, 1.54) is 12.1 Å². The van der Waals surface area contributed by atoms with Gasteiger partial charge in [0.2, 0.25) is 10.0 Å². The van der Waals surface area contributed by atoms with Gasteiger partial charge in [-0.05, 0) is 37.0 Å². The van der Waals surface area contributed by atoms with Crippen LogP contribution in [0.3, 0.4) is 0 Å². The molecule has 1 aromatic heterocycles. The summed E-state index contributed by atoms with van der Waals surface area (Å²) < 4.78 is 28.7. The predicted octanol–water partition coefficient (Wildman–Crippen LogP) is 3.27. The van der Waals surface area contributed by atoms with Crippen molar-refractivity contribution >= 4 is 21.4 Å². The Morgan fingerprint density at radius 1 is 1.35 bits per heavy atom. The molecule has 0 saturated carbocycles. The summed E-state index contributed by atoms with van der Waals surface area (Å²) in [7, 11) is -4.02. The van der Waals surface area contributed by atoms with Gasteiger partial charge in [0.15, 0.2) is 0 Å². The lowest BCUT2D eigenvalue weighted by molar-refractivity contribution is -0.384. The highest BCUT2D eigenvalue weighted by atomic mass is 32.2. The van der Waals surface area contributed by atoms with Gasteiger partial charge in [0, 0.05) is 18.1 Å². The van der Waals surface area contributed by atoms with Crippen molar-refractivity contribution in [2.24, 2.45) is 10.6 Å². The number of nitrogens with one attached hydrogen (secondary N) is 1. The fraction of sp³-hybridized carbons (Fsp3) is 0.412. The third kappa shape index (κ3) is 3.58. The van der Waals surface area contributed by atoms with Crippen molar-refractivity contribution < 1.29 is 17.8 Å². The molecule has 9 heteroatoms. The van der Waals surface area contributed by atoms with Crippen molar-refractivity contribution in [2.75, 3.05) is 5.32 Å². The molecule has 140 valence electrons. The third-order valence-corrected chi connectivity index (χ3v) is 5.47. The molecule has 0 fully saturated rings. The zero-order valence-corrected chi connectivity index (χ0v) is 15.6. The van der Waals surface area contributed by atoms with Gasteiger partial charge in [-0.2, -0.15) is 0 Å². The molecule has 0 amide bonds. The fourth-order valence-electron chi connectivity index (χ4n) is 3.46. The summed E-state index contributed by atoms with van der Waals surface area (Å²) in [4.78, 5) is 10.5. The quantitative estimate of drug-likeness (QED) is 0.619. The highest BCUT2D eigenvalue weighted by molar-refractivity contribution is 7.89. The van der Waals surface area contributed by atoms with E-state index in [0.717, 1.165) is 36.0 Å². The van der Waals surface area contributed by atoms with Crippen LogP contribution in [0.5, 0.6) is 0 Å². The molecule has 0 radical (unpaired) electrons. The number of hydrogen-bond donors (Lipinski definition) is 2. The number of hydrogen-bond acceptors (Lipinski definition) is 6. The molecule has 8 nitrogen and oxygen atoms in total. The lowest BCUT2D eigenvalue weighted by atomic mass is 9.74. The highest BCUT2D eigenvalue weighted by Gasteiger charge is 2.35. The van der Waals surface area contributed by atoms with Crippen LogP contribution in [-0.2, 0) is 16.4 Å². The number of benzene rings is 1. The second-order valence-corrected chi connectivity index (χ2v) is 9.02. The van der Waals surface area contributed by atoms with Gasteiger partial charge < -0.3 is 9.73 Å². The Balaban J connectivity index is 2.02. The van der Waals surface area contributed by atoms with Crippen LogP contribution >= 0.6 is 0 Å². The highest BCUT2D eigenvalue weighted by Crippen LogP contribution is 2.44. The number of sulfonamides is 1. The Bertz CT molecular complexity index is 978. The van der Waals surface area contributed by atoms with E-state index >= 15 is 0 Å². The summed E-state index contributed by atoms with van der Waals surface area (Å²) >= 11 is 0. The number of anilines is 1. The van der Waals surface area contributed by atoms with E-state index in [9.17, 15) is 18.5 Å². The van der Waals surface area contributed by atoms with E-state index in [1.54, 1.807) is 0 Å². The summed E-state index contributed by atoms with van der Waals surface area (Å²) in [6.45, 7) is 6.09. The normalized spacial score (nSPS) is 19.0. The molecular formula is C17H21N3O5S. The molecule has 2 aromatic rings. The predicted molar refractivity (Wildman–Crippen MR) is 96.4 cm³/mol. The van der Waals surface area contributed by atoms with E-state index in [1.807, 2.05) is 13.0 Å². The van der Waals surface area contributed by atoms with Gasteiger partial charge in [0.05, 0.1) is 15.9 Å². The number of nitrogens with two attached hydrogens (primary N) is 1. The maximum atomic E-state index is 11.5. The topological polar surface area (TPSA) is 128 Å². The minimum absolute atomic E-state index is 0.0374. The zero-order valence-electron chi connectivity index (χ0n) is 14.8. The van der Waals surface area contributed by atoms with Crippen molar-refractivity contribution in [3.63, 3.8) is 0 Å². The van der Waals surface area contributed by atoms with Crippen LogP contribution in [0.1, 0.15) is 43.4 Å².